The number of hydrogen-bond donors (Lipinski definition) is 0. The number of nitrogens with zero attached hydrogens (tertiary/aromatic N) is 1. The normalized spacial score (nSPS) is 11.6. The molecule has 0 saturated carbocycles. The van der Waals surface area contributed by atoms with Gasteiger partial charge in [0.1, 0.15) is 11.2 Å². The fraction of sp³-hybridized carbons (Fsp3) is 0. The maximum atomic E-state index is 6.68. The van der Waals surface area contributed by atoms with Crippen LogP contribution < -0.4 is 4.90 Å². The summed E-state index contributed by atoms with van der Waals surface area (Å²) in [5, 5.41) is 7.23. The molecule has 9 aromatic carbocycles. The Balaban J connectivity index is 1.20. The molecule has 11 aromatic rings. The van der Waals surface area contributed by atoms with Crippen molar-refractivity contribution < 1.29 is 4.42 Å². The van der Waals surface area contributed by atoms with E-state index in [1.54, 1.807) is 0 Å². The zero-order chi connectivity index (χ0) is 36.3. The molecule has 0 aliphatic carbocycles. The van der Waals surface area contributed by atoms with E-state index in [0.717, 1.165) is 61.3 Å². The Hall–Kier alpha value is -6.94. The largest absolute Gasteiger partial charge is 0.455 e. The summed E-state index contributed by atoms with van der Waals surface area (Å²) in [6, 6.07) is 72.2. The average molecular weight is 720 g/mol. The van der Waals surface area contributed by atoms with E-state index < -0.39 is 0 Å². The Bertz CT molecular complexity index is 3210. The number of furan rings is 1. The Kier molecular flexibility index (Phi) is 7.39. The van der Waals surface area contributed by atoms with Gasteiger partial charge in [-0.15, -0.1) is 11.3 Å². The second kappa shape index (κ2) is 12.9. The summed E-state index contributed by atoms with van der Waals surface area (Å²) >= 11 is 1.85. The number of fused-ring (bicyclic) bond motifs is 7. The number of thiophene rings is 1. The summed E-state index contributed by atoms with van der Waals surface area (Å²) in [4.78, 5) is 2.44. The van der Waals surface area contributed by atoms with Crippen LogP contribution in [0, 0.1) is 0 Å². The third-order valence-electron chi connectivity index (χ3n) is 10.9. The molecule has 258 valence electrons. The van der Waals surface area contributed by atoms with Crippen LogP contribution in [0.5, 0.6) is 0 Å². The number of anilines is 3. The number of para-hydroxylation sites is 2. The number of rotatable bonds is 6. The van der Waals surface area contributed by atoms with Crippen LogP contribution in [0.25, 0.3) is 86.3 Å². The highest BCUT2D eigenvalue weighted by Gasteiger charge is 2.22. The van der Waals surface area contributed by atoms with Gasteiger partial charge in [0.05, 0.1) is 5.69 Å². The third kappa shape index (κ3) is 5.24. The molecule has 0 fully saturated rings. The van der Waals surface area contributed by atoms with Gasteiger partial charge in [-0.05, 0) is 75.7 Å². The lowest BCUT2D eigenvalue weighted by Gasteiger charge is -2.28. The van der Waals surface area contributed by atoms with Crippen molar-refractivity contribution in [2.75, 3.05) is 4.90 Å². The van der Waals surface area contributed by atoms with Crippen LogP contribution in [-0.4, -0.2) is 0 Å². The minimum absolute atomic E-state index is 0.894. The monoisotopic (exact) mass is 719 g/mol. The predicted molar refractivity (Wildman–Crippen MR) is 235 cm³/mol. The highest BCUT2D eigenvalue weighted by atomic mass is 32.1. The van der Waals surface area contributed by atoms with Gasteiger partial charge < -0.3 is 9.32 Å². The molecule has 0 N–H and O–H groups in total. The highest BCUT2D eigenvalue weighted by molar-refractivity contribution is 7.25. The van der Waals surface area contributed by atoms with Gasteiger partial charge in [0.2, 0.25) is 0 Å². The quantitative estimate of drug-likeness (QED) is 0.170. The highest BCUT2D eigenvalue weighted by Crippen LogP contribution is 2.47. The lowest BCUT2D eigenvalue weighted by molar-refractivity contribution is 0.670. The lowest BCUT2D eigenvalue weighted by atomic mass is 9.92. The molecule has 3 heteroatoms. The van der Waals surface area contributed by atoms with E-state index in [1.807, 2.05) is 17.4 Å². The first-order valence-electron chi connectivity index (χ1n) is 18.7. The molecule has 11 rings (SSSR count). The van der Waals surface area contributed by atoms with Crippen LogP contribution in [0.1, 0.15) is 0 Å². The second-order valence-corrected chi connectivity index (χ2v) is 15.1. The molecule has 0 aliphatic heterocycles. The zero-order valence-corrected chi connectivity index (χ0v) is 30.6. The fourth-order valence-electron chi connectivity index (χ4n) is 8.35. The van der Waals surface area contributed by atoms with Crippen LogP contribution in [0.2, 0.25) is 0 Å². The van der Waals surface area contributed by atoms with Gasteiger partial charge in [-0.3, -0.25) is 0 Å². The SMILES string of the molecule is c1ccc(-c2ccc(N(c3ccc4c(c3)sc3ccccc34)c3ccc(-c4ccccc4)c4ccccc34)cc2-c2cccc3c2oc2ccccc23)cc1. The molecule has 0 bridgehead atoms. The Morgan fingerprint density at radius 3 is 1.76 bits per heavy atom. The van der Waals surface area contributed by atoms with E-state index >= 15 is 0 Å². The van der Waals surface area contributed by atoms with Crippen molar-refractivity contribution in [1.82, 2.24) is 0 Å². The van der Waals surface area contributed by atoms with Crippen molar-refractivity contribution in [3.63, 3.8) is 0 Å². The lowest BCUT2D eigenvalue weighted by Crippen LogP contribution is -2.11. The van der Waals surface area contributed by atoms with Crippen molar-refractivity contribution in [1.29, 1.82) is 0 Å². The van der Waals surface area contributed by atoms with Crippen molar-refractivity contribution in [3.8, 4) is 33.4 Å². The first-order valence-corrected chi connectivity index (χ1v) is 19.5. The molecular weight excluding hydrogens is 687 g/mol. The minimum Gasteiger partial charge on any atom is -0.455 e. The maximum absolute atomic E-state index is 6.68. The molecule has 0 amide bonds. The Labute approximate surface area is 322 Å². The summed E-state index contributed by atoms with van der Waals surface area (Å²) < 4.78 is 9.24. The number of benzene rings is 9. The summed E-state index contributed by atoms with van der Waals surface area (Å²) in [5.74, 6) is 0. The molecule has 2 aromatic heterocycles. The fourth-order valence-corrected chi connectivity index (χ4v) is 9.49. The van der Waals surface area contributed by atoms with E-state index in [9.17, 15) is 0 Å². The van der Waals surface area contributed by atoms with Crippen molar-refractivity contribution in [2.24, 2.45) is 0 Å². The molecular formula is C52H33NOS. The maximum Gasteiger partial charge on any atom is 0.143 e. The molecule has 2 heterocycles. The summed E-state index contributed by atoms with van der Waals surface area (Å²) in [6.45, 7) is 0. The number of hydrogen-bond acceptors (Lipinski definition) is 3. The van der Waals surface area contributed by atoms with E-state index in [2.05, 4.69) is 199 Å². The molecule has 2 nitrogen and oxygen atoms in total. The zero-order valence-electron chi connectivity index (χ0n) is 29.8. The van der Waals surface area contributed by atoms with Gasteiger partial charge >= 0.3 is 0 Å². The smallest absolute Gasteiger partial charge is 0.143 e. The van der Waals surface area contributed by atoms with E-state index in [4.69, 9.17) is 4.42 Å². The average Bonchev–Trinajstić information content (AvgIpc) is 3.83. The second-order valence-electron chi connectivity index (χ2n) is 14.0. The van der Waals surface area contributed by atoms with Crippen LogP contribution in [-0.2, 0) is 0 Å². The molecule has 0 spiro atoms. The molecule has 0 unspecified atom stereocenters. The first kappa shape index (κ1) is 31.6. The van der Waals surface area contributed by atoms with E-state index in [-0.39, 0.29) is 0 Å². The first-order chi connectivity index (χ1) is 27.3. The van der Waals surface area contributed by atoms with Crippen molar-refractivity contribution >= 4 is 81.3 Å². The van der Waals surface area contributed by atoms with Crippen LogP contribution in [0.15, 0.2) is 205 Å². The van der Waals surface area contributed by atoms with E-state index in [1.165, 1.54) is 42.1 Å². The van der Waals surface area contributed by atoms with Gasteiger partial charge in [0.25, 0.3) is 0 Å². The molecule has 0 radical (unpaired) electrons. The van der Waals surface area contributed by atoms with Crippen molar-refractivity contribution in [3.05, 3.63) is 200 Å². The van der Waals surface area contributed by atoms with E-state index in [0.29, 0.717) is 0 Å². The van der Waals surface area contributed by atoms with Crippen molar-refractivity contribution in [2.45, 2.75) is 0 Å². The van der Waals surface area contributed by atoms with Gasteiger partial charge in [-0.2, -0.15) is 0 Å². The molecule has 0 aliphatic rings. The summed E-state index contributed by atoms with van der Waals surface area (Å²) in [6.07, 6.45) is 0. The third-order valence-corrected chi connectivity index (χ3v) is 12.0. The van der Waals surface area contributed by atoms with Gasteiger partial charge in [-0.25, -0.2) is 0 Å². The Morgan fingerprint density at radius 2 is 0.945 bits per heavy atom. The van der Waals surface area contributed by atoms with Crippen LogP contribution in [0.4, 0.5) is 17.1 Å². The summed E-state index contributed by atoms with van der Waals surface area (Å²) in [5.41, 5.74) is 12.0. The molecule has 0 atom stereocenters. The van der Waals surface area contributed by atoms with Gasteiger partial charge in [-0.1, -0.05) is 158 Å². The topological polar surface area (TPSA) is 16.4 Å². The molecule has 0 saturated heterocycles. The van der Waals surface area contributed by atoms with Crippen LogP contribution in [0.3, 0.4) is 0 Å². The Morgan fingerprint density at radius 1 is 0.345 bits per heavy atom. The minimum atomic E-state index is 0.894. The predicted octanol–water partition coefficient (Wildman–Crippen LogP) is 15.6. The summed E-state index contributed by atoms with van der Waals surface area (Å²) in [7, 11) is 0. The van der Waals surface area contributed by atoms with Gasteiger partial charge in [0.15, 0.2) is 0 Å². The molecule has 55 heavy (non-hydrogen) atoms. The van der Waals surface area contributed by atoms with Crippen LogP contribution >= 0.6 is 11.3 Å². The standard InChI is InChI=1S/C52H33NOS/c1-3-14-34(15-4-1)38-30-31-48(41-19-8-7-18-40(38)41)53(37-27-29-44-43-21-10-12-25-50(43)55-51(44)33-37)36-26-28-39(35-16-5-2-6-17-35)47(32-36)46-23-13-22-45-42-20-9-11-24-49(42)54-52(45)46/h1-33H. The van der Waals surface area contributed by atoms with Gasteiger partial charge in [0, 0.05) is 53.3 Å².